The highest BCUT2D eigenvalue weighted by Gasteiger charge is 2.15. The summed E-state index contributed by atoms with van der Waals surface area (Å²) >= 11 is 1.67. The van der Waals surface area contributed by atoms with Crippen molar-refractivity contribution in [3.05, 3.63) is 35.5 Å². The van der Waals surface area contributed by atoms with Gasteiger partial charge in [0, 0.05) is 30.6 Å². The van der Waals surface area contributed by atoms with E-state index in [1.165, 1.54) is 18.6 Å². The first-order chi connectivity index (χ1) is 9.72. The lowest BCUT2D eigenvalue weighted by Gasteiger charge is -2.19. The van der Waals surface area contributed by atoms with E-state index >= 15 is 0 Å². The molecular formula is C15H18FN3S. The third-order valence-electron chi connectivity index (χ3n) is 3.62. The average molecular weight is 291 g/mol. The predicted octanol–water partition coefficient (Wildman–Crippen LogP) is 3.09. The molecule has 0 unspecified atom stereocenters. The van der Waals surface area contributed by atoms with Crippen molar-refractivity contribution in [1.82, 2.24) is 9.88 Å². The van der Waals surface area contributed by atoms with Crippen molar-refractivity contribution in [1.29, 1.82) is 0 Å². The SMILES string of the molecule is CN1CCCN(c2nc(-c3ccc(F)cc3)cs2)CC1. The maximum atomic E-state index is 12.9. The highest BCUT2D eigenvalue weighted by Crippen LogP contribution is 2.28. The second-order valence-electron chi connectivity index (χ2n) is 5.17. The van der Waals surface area contributed by atoms with Gasteiger partial charge in [-0.2, -0.15) is 0 Å². The quantitative estimate of drug-likeness (QED) is 0.847. The molecule has 1 aromatic heterocycles. The van der Waals surface area contributed by atoms with Gasteiger partial charge in [0.05, 0.1) is 5.69 Å². The van der Waals surface area contributed by atoms with Crippen LogP contribution in [0.25, 0.3) is 11.3 Å². The van der Waals surface area contributed by atoms with Gasteiger partial charge in [-0.15, -0.1) is 11.3 Å². The van der Waals surface area contributed by atoms with Gasteiger partial charge in [0.15, 0.2) is 5.13 Å². The number of benzene rings is 1. The summed E-state index contributed by atoms with van der Waals surface area (Å²) in [4.78, 5) is 9.41. The fraction of sp³-hybridized carbons (Fsp3) is 0.400. The number of nitrogens with zero attached hydrogens (tertiary/aromatic N) is 3. The Hall–Kier alpha value is -1.46. The van der Waals surface area contributed by atoms with E-state index in [1.54, 1.807) is 23.5 Å². The lowest BCUT2D eigenvalue weighted by atomic mass is 10.2. The van der Waals surface area contributed by atoms with E-state index in [-0.39, 0.29) is 5.82 Å². The predicted molar refractivity (Wildman–Crippen MR) is 81.8 cm³/mol. The molecule has 0 N–H and O–H groups in total. The van der Waals surface area contributed by atoms with Crippen molar-refractivity contribution in [2.45, 2.75) is 6.42 Å². The van der Waals surface area contributed by atoms with Gasteiger partial charge in [-0.3, -0.25) is 0 Å². The second kappa shape index (κ2) is 5.89. The van der Waals surface area contributed by atoms with Gasteiger partial charge in [-0.25, -0.2) is 9.37 Å². The van der Waals surface area contributed by atoms with Gasteiger partial charge < -0.3 is 9.80 Å². The zero-order valence-corrected chi connectivity index (χ0v) is 12.4. The molecule has 0 aliphatic carbocycles. The fourth-order valence-electron chi connectivity index (χ4n) is 2.40. The molecule has 0 amide bonds. The maximum absolute atomic E-state index is 12.9. The Morgan fingerprint density at radius 2 is 1.90 bits per heavy atom. The van der Waals surface area contributed by atoms with Crippen LogP contribution in [0.5, 0.6) is 0 Å². The molecule has 1 fully saturated rings. The van der Waals surface area contributed by atoms with Crippen molar-refractivity contribution in [2.75, 3.05) is 38.1 Å². The summed E-state index contributed by atoms with van der Waals surface area (Å²) in [5.74, 6) is -0.209. The topological polar surface area (TPSA) is 19.4 Å². The van der Waals surface area contributed by atoms with E-state index in [0.717, 1.165) is 42.6 Å². The molecular weight excluding hydrogens is 273 g/mol. The zero-order valence-electron chi connectivity index (χ0n) is 11.6. The van der Waals surface area contributed by atoms with Gasteiger partial charge >= 0.3 is 0 Å². The Kier molecular flexibility index (Phi) is 3.98. The van der Waals surface area contributed by atoms with Crippen LogP contribution in [0, 0.1) is 5.82 Å². The van der Waals surface area contributed by atoms with Crippen LogP contribution in [0.4, 0.5) is 9.52 Å². The van der Waals surface area contributed by atoms with Crippen LogP contribution in [0.1, 0.15) is 6.42 Å². The normalized spacial score (nSPS) is 17.2. The molecule has 1 aromatic carbocycles. The van der Waals surface area contributed by atoms with Crippen LogP contribution in [-0.2, 0) is 0 Å². The van der Waals surface area contributed by atoms with Gasteiger partial charge in [0.1, 0.15) is 5.82 Å². The summed E-state index contributed by atoms with van der Waals surface area (Å²) in [5, 5.41) is 3.12. The molecule has 1 aliphatic heterocycles. The van der Waals surface area contributed by atoms with Crippen molar-refractivity contribution >= 4 is 16.5 Å². The number of hydrogen-bond acceptors (Lipinski definition) is 4. The van der Waals surface area contributed by atoms with E-state index in [2.05, 4.69) is 22.2 Å². The van der Waals surface area contributed by atoms with E-state index in [4.69, 9.17) is 4.98 Å². The molecule has 20 heavy (non-hydrogen) atoms. The molecule has 3 nitrogen and oxygen atoms in total. The van der Waals surface area contributed by atoms with E-state index in [9.17, 15) is 4.39 Å². The van der Waals surface area contributed by atoms with Crippen molar-refractivity contribution in [3.8, 4) is 11.3 Å². The number of rotatable bonds is 2. The Morgan fingerprint density at radius 1 is 1.10 bits per heavy atom. The Balaban J connectivity index is 1.77. The maximum Gasteiger partial charge on any atom is 0.185 e. The molecule has 2 aromatic rings. The van der Waals surface area contributed by atoms with Crippen LogP contribution in [0.2, 0.25) is 0 Å². The Morgan fingerprint density at radius 3 is 2.70 bits per heavy atom. The third kappa shape index (κ3) is 2.99. The minimum absolute atomic E-state index is 0.209. The monoisotopic (exact) mass is 291 g/mol. The van der Waals surface area contributed by atoms with E-state index in [0.29, 0.717) is 0 Å². The van der Waals surface area contributed by atoms with Gasteiger partial charge in [-0.05, 0) is 44.3 Å². The number of anilines is 1. The van der Waals surface area contributed by atoms with Crippen LogP contribution in [0.15, 0.2) is 29.6 Å². The molecule has 1 aliphatic rings. The summed E-state index contributed by atoms with van der Waals surface area (Å²) in [7, 11) is 2.16. The number of halogens is 1. The van der Waals surface area contributed by atoms with E-state index in [1.807, 2.05) is 0 Å². The minimum Gasteiger partial charge on any atom is -0.347 e. The molecule has 2 heterocycles. The van der Waals surface area contributed by atoms with Gasteiger partial charge in [0.25, 0.3) is 0 Å². The number of aromatic nitrogens is 1. The highest BCUT2D eigenvalue weighted by molar-refractivity contribution is 7.14. The summed E-state index contributed by atoms with van der Waals surface area (Å²) in [5.41, 5.74) is 1.91. The highest BCUT2D eigenvalue weighted by atomic mass is 32.1. The summed E-state index contributed by atoms with van der Waals surface area (Å²) < 4.78 is 12.9. The molecule has 1 saturated heterocycles. The standard InChI is InChI=1S/C15H18FN3S/c1-18-7-2-8-19(10-9-18)15-17-14(11-20-15)12-3-5-13(16)6-4-12/h3-6,11H,2,7-10H2,1H3. The Labute approximate surface area is 122 Å². The van der Waals surface area contributed by atoms with Crippen LogP contribution >= 0.6 is 11.3 Å². The summed E-state index contributed by atoms with van der Waals surface area (Å²) in [6.07, 6.45) is 1.17. The smallest absolute Gasteiger partial charge is 0.185 e. The third-order valence-corrected chi connectivity index (χ3v) is 4.52. The minimum atomic E-state index is -0.209. The van der Waals surface area contributed by atoms with Crippen molar-refractivity contribution in [2.24, 2.45) is 0 Å². The van der Waals surface area contributed by atoms with Gasteiger partial charge in [-0.1, -0.05) is 0 Å². The molecule has 0 spiro atoms. The van der Waals surface area contributed by atoms with Crippen LogP contribution < -0.4 is 4.90 Å². The summed E-state index contributed by atoms with van der Waals surface area (Å²) in [6, 6.07) is 6.53. The number of hydrogen-bond donors (Lipinski definition) is 0. The average Bonchev–Trinajstić information content (AvgIpc) is 2.83. The molecule has 0 radical (unpaired) electrons. The molecule has 0 atom stereocenters. The summed E-state index contributed by atoms with van der Waals surface area (Å²) in [6.45, 7) is 4.30. The van der Waals surface area contributed by atoms with E-state index < -0.39 is 0 Å². The zero-order chi connectivity index (χ0) is 13.9. The van der Waals surface area contributed by atoms with Crippen LogP contribution in [-0.4, -0.2) is 43.1 Å². The van der Waals surface area contributed by atoms with Gasteiger partial charge in [0.2, 0.25) is 0 Å². The second-order valence-corrected chi connectivity index (χ2v) is 6.00. The van der Waals surface area contributed by atoms with Crippen molar-refractivity contribution in [3.63, 3.8) is 0 Å². The first kappa shape index (κ1) is 13.5. The molecule has 5 heteroatoms. The number of thiazole rings is 1. The molecule has 0 saturated carbocycles. The first-order valence-electron chi connectivity index (χ1n) is 6.87. The lowest BCUT2D eigenvalue weighted by molar-refractivity contribution is 0.360. The Bertz CT molecular complexity index is 567. The largest absolute Gasteiger partial charge is 0.347 e. The molecule has 3 rings (SSSR count). The fourth-order valence-corrected chi connectivity index (χ4v) is 3.29. The first-order valence-corrected chi connectivity index (χ1v) is 7.75. The molecule has 0 bridgehead atoms. The van der Waals surface area contributed by atoms with Crippen molar-refractivity contribution < 1.29 is 4.39 Å². The van der Waals surface area contributed by atoms with Crippen LogP contribution in [0.3, 0.4) is 0 Å². The number of likely N-dealkylation sites (N-methyl/N-ethyl adjacent to an activating group) is 1. The molecule has 106 valence electrons. The lowest BCUT2D eigenvalue weighted by Crippen LogP contribution is -2.28.